The van der Waals surface area contributed by atoms with Gasteiger partial charge in [0.05, 0.1) is 21.9 Å². The molecule has 0 unspecified atom stereocenters. The number of fused-ring (bicyclic) bond motifs is 4. The summed E-state index contributed by atoms with van der Waals surface area (Å²) in [6.07, 6.45) is 21.9. The molecule has 2 aliphatic heterocycles. The van der Waals surface area contributed by atoms with Crippen LogP contribution in [0.25, 0.3) is 22.3 Å². The van der Waals surface area contributed by atoms with Crippen LogP contribution in [0.4, 0.5) is 17.2 Å². The van der Waals surface area contributed by atoms with Crippen LogP contribution in [0.15, 0.2) is 98.1 Å². The summed E-state index contributed by atoms with van der Waals surface area (Å²) in [7, 11) is 0. The van der Waals surface area contributed by atoms with E-state index >= 15 is 0 Å². The van der Waals surface area contributed by atoms with E-state index in [4.69, 9.17) is 21.6 Å². The molecule has 0 spiro atoms. The fourth-order valence-electron chi connectivity index (χ4n) is 9.47. The number of rotatable bonds is 5. The van der Waals surface area contributed by atoms with Gasteiger partial charge in [0.2, 0.25) is 0 Å². The second-order valence-electron chi connectivity index (χ2n) is 16.9. The van der Waals surface area contributed by atoms with Gasteiger partial charge in [-0.1, -0.05) is 48.7 Å². The Morgan fingerprint density at radius 1 is 0.651 bits per heavy atom. The summed E-state index contributed by atoms with van der Waals surface area (Å²) in [5.74, 6) is 3.12. The molecule has 15 heteroatoms. The van der Waals surface area contributed by atoms with E-state index in [0.29, 0.717) is 5.15 Å². The lowest BCUT2D eigenvalue weighted by Gasteiger charge is -2.41. The van der Waals surface area contributed by atoms with E-state index in [2.05, 4.69) is 118 Å². The maximum Gasteiger partial charge on any atom is 0.177 e. The zero-order chi connectivity index (χ0) is 43.4. The van der Waals surface area contributed by atoms with Crippen molar-refractivity contribution in [1.29, 1.82) is 0 Å². The van der Waals surface area contributed by atoms with Crippen LogP contribution in [0.5, 0.6) is 0 Å². The Kier molecular flexibility index (Phi) is 12.7. The van der Waals surface area contributed by atoms with Crippen LogP contribution >= 0.6 is 34.0 Å². The number of anilines is 3. The van der Waals surface area contributed by atoms with Crippen molar-refractivity contribution >= 4 is 79.2 Å². The van der Waals surface area contributed by atoms with E-state index in [9.17, 15) is 0 Å². The molecule has 0 amide bonds. The average Bonchev–Trinajstić information content (AvgIpc) is 3.91. The molecule has 2 aromatic carbocycles. The van der Waals surface area contributed by atoms with Gasteiger partial charge in [-0.25, -0.2) is 39.9 Å². The third-order valence-corrected chi connectivity index (χ3v) is 13.2. The van der Waals surface area contributed by atoms with Gasteiger partial charge in [-0.3, -0.25) is 0 Å². The van der Waals surface area contributed by atoms with Crippen LogP contribution in [0.3, 0.4) is 0 Å². The maximum absolute atomic E-state index is 5.39. The normalized spacial score (nSPS) is 16.5. The third kappa shape index (κ3) is 8.63. The van der Waals surface area contributed by atoms with Gasteiger partial charge >= 0.3 is 0 Å². The van der Waals surface area contributed by atoms with Crippen molar-refractivity contribution in [3.63, 3.8) is 0 Å². The van der Waals surface area contributed by atoms with Crippen molar-refractivity contribution in [3.05, 3.63) is 148 Å². The highest BCUT2D eigenvalue weighted by atomic mass is 127. The molecule has 4 aliphatic rings. The molecule has 63 heavy (non-hydrogen) atoms. The number of aromatic amines is 2. The quantitative estimate of drug-likeness (QED) is 0.0864. The van der Waals surface area contributed by atoms with Crippen molar-refractivity contribution in [3.8, 4) is 0 Å². The van der Waals surface area contributed by atoms with E-state index in [-0.39, 0.29) is 10.8 Å². The minimum Gasteiger partial charge on any atom is -0.385 e. The Balaban J connectivity index is 0.000000136. The lowest BCUT2D eigenvalue weighted by molar-refractivity contribution is 0.287. The fourth-order valence-corrected chi connectivity index (χ4v) is 9.57. The standard InChI is InChI=1S/C24H24N6.C20H22N4.C4H3ClN2.BI/c1-16-12-19-22(26-14-16)29-23(28-19)24(8-3-9-24)18-5-6-20-17(13-18)4-2-11-30(20)21-7-10-25-15-27-21;1-13-10-17-18(22-12-13)24-19(23-17)20(7-3-8-20)15-5-6-16-14(11-15)4-2-9-21-16;5-4-1-2-6-3-7-4;1-2/h5-7,10,12-15H,2-4,8-9,11H2,1H3,(H,26,28,29);5-6,10-12,21H,2-4,7-9H2,1H3,(H,22,23,24);1-3H;. The molecular weight excluding hydrogens is 918 g/mol. The smallest absolute Gasteiger partial charge is 0.177 e. The van der Waals surface area contributed by atoms with Crippen LogP contribution < -0.4 is 10.2 Å². The minimum atomic E-state index is -0.0270. The van der Waals surface area contributed by atoms with Crippen molar-refractivity contribution in [2.45, 2.75) is 88.9 Å². The third-order valence-electron chi connectivity index (χ3n) is 13.0. The maximum atomic E-state index is 5.39. The minimum absolute atomic E-state index is 0.0270. The lowest BCUT2D eigenvalue weighted by Crippen LogP contribution is -2.37. The molecule has 12 nitrogen and oxygen atoms in total. The molecular formula is C48H49BClIN12. The highest BCUT2D eigenvalue weighted by Crippen LogP contribution is 2.50. The molecule has 2 radical (unpaired) electrons. The van der Waals surface area contributed by atoms with Gasteiger partial charge in [-0.15, -0.1) is 0 Å². The predicted molar refractivity (Wildman–Crippen MR) is 260 cm³/mol. The summed E-state index contributed by atoms with van der Waals surface area (Å²) < 4.78 is 0. The van der Waals surface area contributed by atoms with Crippen molar-refractivity contribution in [1.82, 2.24) is 49.8 Å². The van der Waals surface area contributed by atoms with Crippen molar-refractivity contribution in [2.75, 3.05) is 23.3 Å². The molecule has 2 aliphatic carbocycles. The Bertz CT molecular complexity index is 2830. The van der Waals surface area contributed by atoms with Crippen LogP contribution in [-0.2, 0) is 23.7 Å². The highest BCUT2D eigenvalue weighted by Gasteiger charge is 2.45. The van der Waals surface area contributed by atoms with E-state index in [1.165, 1.54) is 71.2 Å². The first-order valence-corrected chi connectivity index (χ1v) is 23.3. The van der Waals surface area contributed by atoms with Gasteiger partial charge in [-0.2, -0.15) is 22.4 Å². The van der Waals surface area contributed by atoms with Gasteiger partial charge in [0.1, 0.15) is 35.3 Å². The second kappa shape index (κ2) is 18.7. The first kappa shape index (κ1) is 42.8. The van der Waals surface area contributed by atoms with E-state index in [1.54, 1.807) is 41.0 Å². The average molecular weight is 967 g/mol. The van der Waals surface area contributed by atoms with Gasteiger partial charge in [0.25, 0.3) is 0 Å². The van der Waals surface area contributed by atoms with Crippen LogP contribution in [0, 0.1) is 13.8 Å². The van der Waals surface area contributed by atoms with E-state index < -0.39 is 0 Å². The molecule has 8 heterocycles. The lowest BCUT2D eigenvalue weighted by atomic mass is 9.63. The molecule has 8 aromatic rings. The molecule has 0 bridgehead atoms. The van der Waals surface area contributed by atoms with Gasteiger partial charge < -0.3 is 20.2 Å². The topological polar surface area (TPSA) is 150 Å². The number of nitrogens with one attached hydrogen (secondary N) is 3. The summed E-state index contributed by atoms with van der Waals surface area (Å²) >= 11 is 7.04. The first-order valence-electron chi connectivity index (χ1n) is 21.7. The van der Waals surface area contributed by atoms with Gasteiger partial charge in [0, 0.05) is 49.3 Å². The number of aromatic nitrogens is 10. The van der Waals surface area contributed by atoms with Crippen LogP contribution in [-0.4, -0.2) is 68.6 Å². The number of hydrogen-bond acceptors (Lipinski definition) is 10. The molecule has 2 fully saturated rings. The van der Waals surface area contributed by atoms with Crippen LogP contribution in [0.1, 0.15) is 96.4 Å². The predicted octanol–water partition coefficient (Wildman–Crippen LogP) is 10.3. The SMILES string of the molecule is Cc1cnc2nc(C3(c4ccc5c(c4)CCCN5)CCC3)[nH]c2c1.Cc1cnc2nc(C3(c4ccc5c(c4)CCCN5c4ccncn4)CCC3)[nH]c2c1.Clc1ccncn1.[B]I. The Morgan fingerprint density at radius 2 is 1.24 bits per heavy atom. The molecule has 6 aromatic heterocycles. The van der Waals surface area contributed by atoms with Crippen molar-refractivity contribution in [2.24, 2.45) is 0 Å². The summed E-state index contributed by atoms with van der Waals surface area (Å²) in [6.45, 7) is 6.22. The number of benzene rings is 2. The largest absolute Gasteiger partial charge is 0.385 e. The molecule has 318 valence electrons. The second-order valence-corrected chi connectivity index (χ2v) is 17.3. The zero-order valence-electron chi connectivity index (χ0n) is 35.6. The van der Waals surface area contributed by atoms with Crippen molar-refractivity contribution < 1.29 is 0 Å². The molecule has 0 saturated heterocycles. The molecule has 2 saturated carbocycles. The summed E-state index contributed by atoms with van der Waals surface area (Å²) in [6, 6.07) is 21.8. The summed E-state index contributed by atoms with van der Waals surface area (Å²) in [5, 5.41) is 3.99. The highest BCUT2D eigenvalue weighted by molar-refractivity contribution is 14.1. The van der Waals surface area contributed by atoms with E-state index in [1.807, 2.05) is 24.7 Å². The molecule has 12 rings (SSSR count). The number of H-pyrrole nitrogens is 2. The van der Waals surface area contributed by atoms with Gasteiger partial charge in [0.15, 0.2) is 17.0 Å². The Hall–Kier alpha value is -5.48. The number of aryl methyl sites for hydroxylation is 4. The fraction of sp³-hybridized carbons (Fsp3) is 0.333. The first-order chi connectivity index (χ1) is 30.9. The Labute approximate surface area is 387 Å². The number of imidazole rings is 2. The van der Waals surface area contributed by atoms with Crippen LogP contribution in [0.2, 0.25) is 5.15 Å². The van der Waals surface area contributed by atoms with E-state index in [0.717, 1.165) is 97.0 Å². The number of hydrogen-bond donors (Lipinski definition) is 3. The summed E-state index contributed by atoms with van der Waals surface area (Å²) in [4.78, 5) is 44.1. The van der Waals surface area contributed by atoms with Gasteiger partial charge in [-0.05, 0) is 135 Å². The number of halogens is 2. The monoisotopic (exact) mass is 966 g/mol. The zero-order valence-corrected chi connectivity index (χ0v) is 38.5. The molecule has 0 atom stereocenters. The number of pyridine rings is 2. The number of nitrogens with zero attached hydrogens (tertiary/aromatic N) is 9. The molecule has 3 N–H and O–H groups in total. The summed E-state index contributed by atoms with van der Waals surface area (Å²) in [5.41, 5.74) is 18.7. The Morgan fingerprint density at radius 3 is 1.78 bits per heavy atom.